The number of esters is 1. The molecule has 0 aromatic heterocycles. The highest BCUT2D eigenvalue weighted by atomic mass is 16.5. The van der Waals surface area contributed by atoms with Crippen molar-refractivity contribution in [1.82, 2.24) is 0 Å². The SMILES string of the molecule is CC(=O)OCC(=O)[C@@]1(O)CC[C@H]2[C@@H]3C[C@@H](O)C4=CC(=O)C=C[C@]4(C)[C@H]3[C@@H](O)C[C@@]21C. The Balaban J connectivity index is 1.70. The first-order valence-electron chi connectivity index (χ1n) is 10.6. The quantitative estimate of drug-likeness (QED) is 0.587. The zero-order valence-electron chi connectivity index (χ0n) is 17.6. The molecular weight excluding hydrogens is 388 g/mol. The maximum atomic E-state index is 12.9. The Kier molecular flexibility index (Phi) is 4.88. The number of ketones is 2. The smallest absolute Gasteiger partial charge is 0.303 e. The Morgan fingerprint density at radius 2 is 1.97 bits per heavy atom. The highest BCUT2D eigenvalue weighted by Crippen LogP contribution is 2.67. The normalized spacial score (nSPS) is 47.1. The number of allylic oxidation sites excluding steroid dienone is 3. The first-order chi connectivity index (χ1) is 13.9. The second kappa shape index (κ2) is 6.84. The van der Waals surface area contributed by atoms with Crippen LogP contribution in [0.4, 0.5) is 0 Å². The van der Waals surface area contributed by atoms with Crippen LogP contribution < -0.4 is 0 Å². The first kappa shape index (κ1) is 21.4. The van der Waals surface area contributed by atoms with Crippen LogP contribution in [-0.2, 0) is 19.1 Å². The van der Waals surface area contributed by atoms with Gasteiger partial charge in [-0.05, 0) is 55.2 Å². The van der Waals surface area contributed by atoms with Crippen molar-refractivity contribution in [3.63, 3.8) is 0 Å². The Bertz CT molecular complexity index is 860. The van der Waals surface area contributed by atoms with E-state index in [2.05, 4.69) is 0 Å². The number of carbonyl (C=O) groups is 3. The van der Waals surface area contributed by atoms with Crippen LogP contribution in [0.25, 0.3) is 0 Å². The third kappa shape index (κ3) is 2.78. The summed E-state index contributed by atoms with van der Waals surface area (Å²) in [5.41, 5.74) is -2.60. The molecule has 164 valence electrons. The van der Waals surface area contributed by atoms with Gasteiger partial charge in [-0.15, -0.1) is 0 Å². The summed E-state index contributed by atoms with van der Waals surface area (Å²) in [7, 11) is 0. The van der Waals surface area contributed by atoms with Gasteiger partial charge in [0.15, 0.2) is 12.4 Å². The van der Waals surface area contributed by atoms with E-state index in [0.717, 1.165) is 0 Å². The molecule has 0 aromatic rings. The van der Waals surface area contributed by atoms with Gasteiger partial charge in [-0.3, -0.25) is 14.4 Å². The van der Waals surface area contributed by atoms with Gasteiger partial charge in [0.05, 0.1) is 12.2 Å². The van der Waals surface area contributed by atoms with E-state index in [4.69, 9.17) is 4.74 Å². The van der Waals surface area contributed by atoms with Gasteiger partial charge >= 0.3 is 5.97 Å². The number of aliphatic hydroxyl groups excluding tert-OH is 2. The van der Waals surface area contributed by atoms with E-state index >= 15 is 0 Å². The average molecular weight is 418 g/mol. The van der Waals surface area contributed by atoms with Crippen molar-refractivity contribution in [1.29, 1.82) is 0 Å². The average Bonchev–Trinajstić information content (AvgIpc) is 2.93. The summed E-state index contributed by atoms with van der Waals surface area (Å²) >= 11 is 0. The molecule has 4 rings (SSSR count). The second-order valence-corrected chi connectivity index (χ2v) is 9.96. The molecule has 7 heteroatoms. The fourth-order valence-corrected chi connectivity index (χ4v) is 7.13. The molecule has 8 atom stereocenters. The molecule has 3 saturated carbocycles. The minimum atomic E-state index is -1.70. The molecular formula is C23H30O7. The number of aliphatic hydroxyl groups is 3. The van der Waals surface area contributed by atoms with Gasteiger partial charge in [0.25, 0.3) is 0 Å². The van der Waals surface area contributed by atoms with Crippen LogP contribution in [0.2, 0.25) is 0 Å². The van der Waals surface area contributed by atoms with Gasteiger partial charge < -0.3 is 20.1 Å². The largest absolute Gasteiger partial charge is 0.458 e. The standard InChI is InChI=1S/C23H30O7/c1-12(24)30-11-19(28)23(29)7-5-15-14-9-17(26)16-8-13(25)4-6-21(16,2)20(14)18(27)10-22(15,23)3/h4,6,8,14-15,17-18,20,26-27,29H,5,7,9-11H2,1-3H3/t14-,15-,17+,18-,20+,21-,22-,23-/m0/s1. The minimum Gasteiger partial charge on any atom is -0.458 e. The van der Waals surface area contributed by atoms with Gasteiger partial charge in [0.1, 0.15) is 5.60 Å². The van der Waals surface area contributed by atoms with E-state index in [0.29, 0.717) is 18.4 Å². The van der Waals surface area contributed by atoms with E-state index in [1.54, 1.807) is 6.08 Å². The fraction of sp³-hybridized carbons (Fsp3) is 0.696. The molecule has 0 spiro atoms. The molecule has 3 N–H and O–H groups in total. The Hall–Kier alpha value is -1.83. The van der Waals surface area contributed by atoms with Gasteiger partial charge in [-0.2, -0.15) is 0 Å². The molecule has 4 aliphatic rings. The number of hydrogen-bond acceptors (Lipinski definition) is 7. The molecule has 0 heterocycles. The molecule has 0 unspecified atom stereocenters. The lowest BCUT2D eigenvalue weighted by molar-refractivity contribution is -0.184. The van der Waals surface area contributed by atoms with Crippen molar-refractivity contribution >= 4 is 17.5 Å². The summed E-state index contributed by atoms with van der Waals surface area (Å²) in [6.07, 6.45) is 4.54. The van der Waals surface area contributed by atoms with Crippen LogP contribution in [0, 0.1) is 28.6 Å². The predicted octanol–water partition coefficient (Wildman–Crippen LogP) is 1.10. The van der Waals surface area contributed by atoms with Crippen molar-refractivity contribution in [2.75, 3.05) is 6.61 Å². The zero-order valence-corrected chi connectivity index (χ0v) is 17.6. The summed E-state index contributed by atoms with van der Waals surface area (Å²) in [6, 6.07) is 0. The number of carbonyl (C=O) groups excluding carboxylic acids is 3. The summed E-state index contributed by atoms with van der Waals surface area (Å²) in [5.74, 6) is -1.72. The van der Waals surface area contributed by atoms with Gasteiger partial charge in [-0.1, -0.05) is 19.9 Å². The molecule has 7 nitrogen and oxygen atoms in total. The molecule has 3 fully saturated rings. The molecule has 0 saturated heterocycles. The van der Waals surface area contributed by atoms with Crippen LogP contribution in [0.5, 0.6) is 0 Å². The molecule has 0 radical (unpaired) electrons. The number of hydrogen-bond donors (Lipinski definition) is 3. The van der Waals surface area contributed by atoms with Crippen molar-refractivity contribution in [2.24, 2.45) is 28.6 Å². The van der Waals surface area contributed by atoms with Gasteiger partial charge in [0, 0.05) is 23.7 Å². The van der Waals surface area contributed by atoms with Crippen LogP contribution in [0.3, 0.4) is 0 Å². The summed E-state index contributed by atoms with van der Waals surface area (Å²) in [4.78, 5) is 35.9. The van der Waals surface area contributed by atoms with Crippen LogP contribution >= 0.6 is 0 Å². The topological polar surface area (TPSA) is 121 Å². The molecule has 30 heavy (non-hydrogen) atoms. The third-order valence-electron chi connectivity index (χ3n) is 8.53. The van der Waals surface area contributed by atoms with E-state index < -0.39 is 47.0 Å². The molecule has 4 aliphatic carbocycles. The van der Waals surface area contributed by atoms with Gasteiger partial charge in [0.2, 0.25) is 5.78 Å². The Morgan fingerprint density at radius 3 is 2.63 bits per heavy atom. The number of rotatable bonds is 3. The maximum absolute atomic E-state index is 12.9. The Morgan fingerprint density at radius 1 is 1.27 bits per heavy atom. The molecule has 0 amide bonds. The second-order valence-electron chi connectivity index (χ2n) is 9.96. The predicted molar refractivity (Wildman–Crippen MR) is 106 cm³/mol. The van der Waals surface area contributed by atoms with E-state index in [1.165, 1.54) is 19.1 Å². The monoisotopic (exact) mass is 418 g/mol. The summed E-state index contributed by atoms with van der Waals surface area (Å²) in [5, 5.41) is 33.6. The molecule has 0 aliphatic heterocycles. The van der Waals surface area contributed by atoms with Gasteiger partial charge in [-0.25, -0.2) is 0 Å². The third-order valence-corrected chi connectivity index (χ3v) is 8.53. The van der Waals surface area contributed by atoms with E-state index in [-0.39, 0.29) is 36.4 Å². The maximum Gasteiger partial charge on any atom is 0.303 e. The van der Waals surface area contributed by atoms with Crippen molar-refractivity contribution < 1.29 is 34.4 Å². The van der Waals surface area contributed by atoms with Crippen LogP contribution in [-0.4, -0.2) is 57.3 Å². The summed E-state index contributed by atoms with van der Waals surface area (Å²) in [6.45, 7) is 4.50. The lowest BCUT2D eigenvalue weighted by Crippen LogP contribution is -2.63. The number of fused-ring (bicyclic) bond motifs is 5. The van der Waals surface area contributed by atoms with Crippen LogP contribution in [0.15, 0.2) is 23.8 Å². The lowest BCUT2D eigenvalue weighted by Gasteiger charge is -2.60. The highest BCUT2D eigenvalue weighted by Gasteiger charge is 2.68. The summed E-state index contributed by atoms with van der Waals surface area (Å²) < 4.78 is 4.85. The molecule has 0 aromatic carbocycles. The molecule has 0 bridgehead atoms. The van der Waals surface area contributed by atoms with Crippen molar-refractivity contribution in [3.8, 4) is 0 Å². The van der Waals surface area contributed by atoms with E-state index in [1.807, 2.05) is 13.8 Å². The highest BCUT2D eigenvalue weighted by molar-refractivity contribution is 6.01. The van der Waals surface area contributed by atoms with Crippen molar-refractivity contribution in [2.45, 2.75) is 64.3 Å². The first-order valence-corrected chi connectivity index (χ1v) is 10.6. The van der Waals surface area contributed by atoms with Crippen LogP contribution in [0.1, 0.15) is 46.5 Å². The minimum absolute atomic E-state index is 0.0868. The number of Topliss-reactive ketones (excluding diaryl/α,β-unsaturated/α-hetero) is 1. The van der Waals surface area contributed by atoms with E-state index in [9.17, 15) is 29.7 Å². The zero-order chi connectivity index (χ0) is 22.1. The number of ether oxygens (including phenoxy) is 1. The fourth-order valence-electron chi connectivity index (χ4n) is 7.13. The van der Waals surface area contributed by atoms with Crippen molar-refractivity contribution in [3.05, 3.63) is 23.8 Å². The lowest BCUT2D eigenvalue weighted by atomic mass is 9.45. The Labute approximate surface area is 175 Å².